The average Bonchev–Trinajstić information content (AvgIpc) is 3.30. The van der Waals surface area contributed by atoms with Crippen LogP contribution < -0.4 is 5.32 Å². The maximum Gasteiger partial charge on any atom is 0.337 e. The molecule has 6 rings (SSSR count). The predicted molar refractivity (Wildman–Crippen MR) is 163 cm³/mol. The molecule has 3 aromatic carbocycles. The normalized spacial score (nSPS) is 18.0. The Labute approximate surface area is 234 Å². The van der Waals surface area contributed by atoms with Gasteiger partial charge in [-0.3, -0.25) is 0 Å². The van der Waals surface area contributed by atoms with Gasteiger partial charge in [0.15, 0.2) is 0 Å². The Morgan fingerprint density at radius 1 is 1.05 bits per heavy atom. The molecule has 0 saturated carbocycles. The largest absolute Gasteiger partial charge is 0.478 e. The van der Waals surface area contributed by atoms with Gasteiger partial charge in [-0.15, -0.1) is 11.3 Å². The van der Waals surface area contributed by atoms with Crippen LogP contribution in [0.15, 0.2) is 84.6 Å². The Morgan fingerprint density at radius 3 is 2.59 bits per heavy atom. The molecule has 1 heterocycles. The summed E-state index contributed by atoms with van der Waals surface area (Å²) in [4.78, 5) is 14.8. The first-order valence-corrected chi connectivity index (χ1v) is 14.7. The zero-order valence-corrected chi connectivity index (χ0v) is 23.7. The Hall–Kier alpha value is -3.63. The molecule has 1 unspecified atom stereocenters. The van der Waals surface area contributed by atoms with E-state index in [1.54, 1.807) is 11.3 Å². The van der Waals surface area contributed by atoms with E-state index in [1.807, 2.05) is 0 Å². The first kappa shape index (κ1) is 25.6. The quantitative estimate of drug-likeness (QED) is 0.260. The van der Waals surface area contributed by atoms with Crippen molar-refractivity contribution in [3.8, 4) is 21.6 Å². The van der Waals surface area contributed by atoms with Crippen LogP contribution in [0.25, 0.3) is 32.3 Å². The number of nitrogens with one attached hydrogen (secondary N) is 1. The van der Waals surface area contributed by atoms with Gasteiger partial charge in [-0.1, -0.05) is 81.5 Å². The minimum absolute atomic E-state index is 0.122. The monoisotopic (exact) mass is 533 g/mol. The topological polar surface area (TPSA) is 49.3 Å². The van der Waals surface area contributed by atoms with Crippen molar-refractivity contribution >= 4 is 28.1 Å². The lowest BCUT2D eigenvalue weighted by Crippen LogP contribution is -2.22. The number of carboxylic acids is 1. The minimum Gasteiger partial charge on any atom is -0.478 e. The Kier molecular flexibility index (Phi) is 6.68. The molecule has 1 aromatic heterocycles. The summed E-state index contributed by atoms with van der Waals surface area (Å²) in [5.41, 5.74) is 7.25. The number of thiophene rings is 1. The van der Waals surface area contributed by atoms with Crippen LogP contribution in [0, 0.1) is 11.3 Å². The number of aromatic carboxylic acids is 1. The second-order valence-corrected chi connectivity index (χ2v) is 13.0. The van der Waals surface area contributed by atoms with Crippen LogP contribution in [-0.2, 0) is 19.4 Å². The summed E-state index contributed by atoms with van der Waals surface area (Å²) in [6, 6.07) is 21.6. The lowest BCUT2D eigenvalue weighted by atomic mass is 9.76. The molecule has 3 nitrogen and oxygen atoms in total. The van der Waals surface area contributed by atoms with Gasteiger partial charge in [0.05, 0.1) is 5.56 Å². The summed E-state index contributed by atoms with van der Waals surface area (Å²) >= 11 is 1.69. The number of aryl methyl sites for hydroxylation is 1. The van der Waals surface area contributed by atoms with E-state index in [0.29, 0.717) is 18.0 Å². The smallest absolute Gasteiger partial charge is 0.337 e. The maximum atomic E-state index is 12.7. The van der Waals surface area contributed by atoms with E-state index in [-0.39, 0.29) is 5.41 Å². The van der Waals surface area contributed by atoms with Crippen LogP contribution in [0.5, 0.6) is 0 Å². The summed E-state index contributed by atoms with van der Waals surface area (Å²) in [6.07, 6.45) is 10.5. The number of hydrogen-bond acceptors (Lipinski definition) is 3. The standard InChI is InChI=1S/C35H35NO2S/c1-22-8-13-28(14-9-22)36-21-27-19-26(25-11-10-23-6-4-5-7-24(23)18-25)12-15-29(27)33-32(34(37)38)30-20-35(2,3)17-16-31(30)39-33/h4-8,10-15,18-19,22,36H,9,16-17,20-21H2,1-3H3,(H,37,38). The van der Waals surface area contributed by atoms with E-state index in [4.69, 9.17) is 0 Å². The molecule has 2 aliphatic carbocycles. The molecule has 0 bridgehead atoms. The Morgan fingerprint density at radius 2 is 1.82 bits per heavy atom. The molecule has 1 atom stereocenters. The van der Waals surface area contributed by atoms with Crippen LogP contribution in [-0.4, -0.2) is 11.1 Å². The third-order valence-corrected chi connectivity index (χ3v) is 9.54. The molecule has 4 heteroatoms. The van der Waals surface area contributed by atoms with Gasteiger partial charge in [-0.2, -0.15) is 0 Å². The molecular formula is C35H35NO2S. The minimum atomic E-state index is -0.815. The highest BCUT2D eigenvalue weighted by Crippen LogP contribution is 2.46. The third kappa shape index (κ3) is 5.18. The molecule has 39 heavy (non-hydrogen) atoms. The van der Waals surface area contributed by atoms with Crippen LogP contribution in [0.1, 0.15) is 60.0 Å². The summed E-state index contributed by atoms with van der Waals surface area (Å²) in [5, 5.41) is 16.5. The molecule has 0 aliphatic heterocycles. The number of hydrogen-bond donors (Lipinski definition) is 2. The van der Waals surface area contributed by atoms with Gasteiger partial charge in [0.2, 0.25) is 0 Å². The molecule has 2 aliphatic rings. The van der Waals surface area contributed by atoms with Gasteiger partial charge in [0, 0.05) is 22.0 Å². The first-order valence-electron chi connectivity index (χ1n) is 13.9. The molecule has 2 N–H and O–H groups in total. The second-order valence-electron chi connectivity index (χ2n) is 11.9. The highest BCUT2D eigenvalue weighted by atomic mass is 32.1. The van der Waals surface area contributed by atoms with E-state index in [9.17, 15) is 9.90 Å². The zero-order chi connectivity index (χ0) is 27.1. The van der Waals surface area contributed by atoms with E-state index < -0.39 is 5.97 Å². The highest BCUT2D eigenvalue weighted by Gasteiger charge is 2.33. The van der Waals surface area contributed by atoms with Crippen molar-refractivity contribution in [2.75, 3.05) is 0 Å². The molecule has 0 radical (unpaired) electrons. The highest BCUT2D eigenvalue weighted by molar-refractivity contribution is 7.16. The number of benzene rings is 3. The summed E-state index contributed by atoms with van der Waals surface area (Å²) in [5.74, 6) is -0.258. The van der Waals surface area contributed by atoms with Crippen LogP contribution in [0.3, 0.4) is 0 Å². The average molecular weight is 534 g/mol. The molecule has 0 amide bonds. The predicted octanol–water partition coefficient (Wildman–Crippen LogP) is 9.02. The van der Waals surface area contributed by atoms with Crippen LogP contribution in [0.2, 0.25) is 0 Å². The molecule has 198 valence electrons. The van der Waals surface area contributed by atoms with Crippen molar-refractivity contribution < 1.29 is 9.90 Å². The van der Waals surface area contributed by atoms with Crippen molar-refractivity contribution in [3.05, 3.63) is 106 Å². The van der Waals surface area contributed by atoms with Crippen molar-refractivity contribution in [2.45, 2.75) is 53.0 Å². The van der Waals surface area contributed by atoms with Crippen molar-refractivity contribution in [2.24, 2.45) is 11.3 Å². The number of fused-ring (bicyclic) bond motifs is 2. The number of rotatable bonds is 6. The molecule has 0 spiro atoms. The number of carboxylic acid groups (broad SMARTS) is 1. The molecule has 0 fully saturated rings. The van der Waals surface area contributed by atoms with Gasteiger partial charge in [0.1, 0.15) is 0 Å². The Balaban J connectivity index is 1.45. The zero-order valence-electron chi connectivity index (χ0n) is 22.9. The van der Waals surface area contributed by atoms with Crippen LogP contribution in [0.4, 0.5) is 0 Å². The van der Waals surface area contributed by atoms with Gasteiger partial charge in [-0.25, -0.2) is 4.79 Å². The summed E-state index contributed by atoms with van der Waals surface area (Å²) in [6.45, 7) is 7.36. The summed E-state index contributed by atoms with van der Waals surface area (Å²) < 4.78 is 0. The fraction of sp³-hybridized carbons (Fsp3) is 0.286. The second kappa shape index (κ2) is 10.2. The number of carbonyl (C=O) groups is 1. The maximum absolute atomic E-state index is 12.7. The van der Waals surface area contributed by atoms with Crippen molar-refractivity contribution in [3.63, 3.8) is 0 Å². The Bertz CT molecular complexity index is 1640. The van der Waals surface area contributed by atoms with E-state index in [0.717, 1.165) is 64.1 Å². The lowest BCUT2D eigenvalue weighted by Gasteiger charge is -2.29. The van der Waals surface area contributed by atoms with Crippen molar-refractivity contribution in [1.29, 1.82) is 0 Å². The lowest BCUT2D eigenvalue weighted by molar-refractivity contribution is 0.0696. The SMILES string of the molecule is CC1C=CC(NCc2cc(-c3ccc4ccccc4c3)ccc2-c2sc3c(c2C(=O)O)CC(C)(C)CC3)=CC1. The van der Waals surface area contributed by atoms with Crippen LogP contribution >= 0.6 is 11.3 Å². The fourth-order valence-corrected chi connectivity index (χ4v) is 7.27. The van der Waals surface area contributed by atoms with Gasteiger partial charge in [0.25, 0.3) is 0 Å². The van der Waals surface area contributed by atoms with Gasteiger partial charge >= 0.3 is 5.97 Å². The fourth-order valence-electron chi connectivity index (χ4n) is 5.90. The number of allylic oxidation sites excluding steroid dienone is 3. The molecular weight excluding hydrogens is 498 g/mol. The van der Waals surface area contributed by atoms with E-state index in [1.165, 1.54) is 15.6 Å². The summed E-state index contributed by atoms with van der Waals surface area (Å²) in [7, 11) is 0. The molecule has 0 saturated heterocycles. The van der Waals surface area contributed by atoms with E-state index >= 15 is 0 Å². The third-order valence-electron chi connectivity index (χ3n) is 8.22. The van der Waals surface area contributed by atoms with E-state index in [2.05, 4.69) is 105 Å². The first-order chi connectivity index (χ1) is 18.8. The van der Waals surface area contributed by atoms with Crippen molar-refractivity contribution in [1.82, 2.24) is 5.32 Å². The molecule has 4 aromatic rings. The van der Waals surface area contributed by atoms with Gasteiger partial charge < -0.3 is 10.4 Å². The van der Waals surface area contributed by atoms with Gasteiger partial charge in [-0.05, 0) is 93.8 Å².